The van der Waals surface area contributed by atoms with Gasteiger partial charge in [-0.3, -0.25) is 0 Å². The summed E-state index contributed by atoms with van der Waals surface area (Å²) in [7, 11) is 3.42. The Labute approximate surface area is 135 Å². The highest BCUT2D eigenvalue weighted by atomic mass is 32.2. The average molecular weight is 326 g/mol. The number of nitrogens with zero attached hydrogens (tertiary/aromatic N) is 1. The van der Waals surface area contributed by atoms with Gasteiger partial charge in [-0.15, -0.1) is 11.8 Å². The first-order valence-electron chi connectivity index (χ1n) is 6.72. The molecular weight excluding hydrogens is 304 g/mol. The monoisotopic (exact) mass is 326 g/mol. The van der Waals surface area contributed by atoms with Gasteiger partial charge in [0.1, 0.15) is 4.99 Å². The summed E-state index contributed by atoms with van der Waals surface area (Å²) in [6.07, 6.45) is 0. The Hall–Kier alpha value is -1.47. The van der Waals surface area contributed by atoms with Gasteiger partial charge in [-0.25, -0.2) is 4.79 Å². The van der Waals surface area contributed by atoms with Gasteiger partial charge in [-0.2, -0.15) is 0 Å². The first-order chi connectivity index (χ1) is 9.97. The van der Waals surface area contributed by atoms with Crippen molar-refractivity contribution < 1.29 is 4.79 Å². The van der Waals surface area contributed by atoms with Crippen molar-refractivity contribution in [2.45, 2.75) is 11.8 Å². The minimum absolute atomic E-state index is 0.110. The zero-order valence-electron chi connectivity index (χ0n) is 12.6. The molecule has 0 aliphatic heterocycles. The van der Waals surface area contributed by atoms with E-state index < -0.39 is 0 Å². The summed E-state index contributed by atoms with van der Waals surface area (Å²) in [5.41, 5.74) is 7.62. The fraction of sp³-hybridized carbons (Fsp3) is 0.429. The zero-order chi connectivity index (χ0) is 15.8. The number of carbonyl (C=O) groups is 1. The minimum atomic E-state index is -0.110. The van der Waals surface area contributed by atoms with Gasteiger partial charge in [0.25, 0.3) is 0 Å². The number of benzene rings is 1. The number of thiocarbonyl (C=S) groups is 1. The van der Waals surface area contributed by atoms with E-state index in [2.05, 4.69) is 17.6 Å². The predicted molar refractivity (Wildman–Crippen MR) is 94.3 cm³/mol. The highest BCUT2D eigenvalue weighted by Gasteiger charge is 2.11. The summed E-state index contributed by atoms with van der Waals surface area (Å²) in [5, 5.41) is 6.07. The molecule has 0 spiro atoms. The number of urea groups is 1. The quantitative estimate of drug-likeness (QED) is 0.407. The number of nitrogens with two attached hydrogens (primary N) is 1. The van der Waals surface area contributed by atoms with E-state index in [0.717, 1.165) is 21.9 Å². The number of anilines is 1. The van der Waals surface area contributed by atoms with E-state index in [1.165, 1.54) is 4.90 Å². The maximum absolute atomic E-state index is 11.4. The van der Waals surface area contributed by atoms with Gasteiger partial charge >= 0.3 is 6.03 Å². The van der Waals surface area contributed by atoms with Crippen molar-refractivity contribution in [1.82, 2.24) is 10.2 Å². The van der Waals surface area contributed by atoms with Crippen LogP contribution >= 0.6 is 24.0 Å². The lowest BCUT2D eigenvalue weighted by molar-refractivity contribution is 0.218. The maximum atomic E-state index is 11.4. The topological polar surface area (TPSA) is 70.4 Å². The third-order valence-electron chi connectivity index (χ3n) is 2.70. The Kier molecular flexibility index (Phi) is 7.31. The van der Waals surface area contributed by atoms with E-state index in [0.29, 0.717) is 18.1 Å². The molecular formula is C14H22N4OS2. The summed E-state index contributed by atoms with van der Waals surface area (Å²) in [6.45, 7) is 3.22. The fourth-order valence-electron chi connectivity index (χ4n) is 1.73. The van der Waals surface area contributed by atoms with Crippen LogP contribution < -0.4 is 16.4 Å². The lowest BCUT2D eigenvalue weighted by atomic mass is 10.1. The van der Waals surface area contributed by atoms with E-state index in [1.54, 1.807) is 25.9 Å². The summed E-state index contributed by atoms with van der Waals surface area (Å²) in [5.74, 6) is 0.956. The third kappa shape index (κ3) is 5.43. The van der Waals surface area contributed by atoms with Gasteiger partial charge in [0, 0.05) is 43.3 Å². The molecule has 0 unspecified atom stereocenters. The zero-order valence-corrected chi connectivity index (χ0v) is 14.2. The Morgan fingerprint density at radius 3 is 2.67 bits per heavy atom. The molecule has 116 valence electrons. The largest absolute Gasteiger partial charge is 0.389 e. The van der Waals surface area contributed by atoms with Crippen molar-refractivity contribution in [3.63, 3.8) is 0 Å². The number of thioether (sulfide) groups is 1. The van der Waals surface area contributed by atoms with Crippen LogP contribution in [0.5, 0.6) is 0 Å². The van der Waals surface area contributed by atoms with Crippen LogP contribution in [0.3, 0.4) is 0 Å². The van der Waals surface area contributed by atoms with Crippen molar-refractivity contribution in [2.24, 2.45) is 5.73 Å². The Bertz CT molecular complexity index is 506. The van der Waals surface area contributed by atoms with Crippen molar-refractivity contribution in [2.75, 3.05) is 38.3 Å². The Balaban J connectivity index is 2.68. The second-order valence-corrected chi connectivity index (χ2v) is 6.27. The third-order valence-corrected chi connectivity index (χ3v) is 3.84. The van der Waals surface area contributed by atoms with E-state index in [1.807, 2.05) is 18.2 Å². The van der Waals surface area contributed by atoms with Crippen LogP contribution in [-0.2, 0) is 0 Å². The molecule has 4 N–H and O–H groups in total. The van der Waals surface area contributed by atoms with Crippen molar-refractivity contribution in [3.05, 3.63) is 23.8 Å². The molecule has 5 nitrogen and oxygen atoms in total. The molecule has 2 amide bonds. The van der Waals surface area contributed by atoms with E-state index in [9.17, 15) is 4.79 Å². The highest BCUT2D eigenvalue weighted by molar-refractivity contribution is 7.99. The predicted octanol–water partition coefficient (Wildman–Crippen LogP) is 2.12. The molecule has 0 radical (unpaired) electrons. The Morgan fingerprint density at radius 1 is 1.38 bits per heavy atom. The summed E-state index contributed by atoms with van der Waals surface area (Å²) < 4.78 is 0. The van der Waals surface area contributed by atoms with Crippen LogP contribution in [0, 0.1) is 0 Å². The average Bonchev–Trinajstić information content (AvgIpc) is 2.43. The van der Waals surface area contributed by atoms with Crippen molar-refractivity contribution >= 4 is 40.7 Å². The molecule has 7 heteroatoms. The molecule has 0 bridgehead atoms. The maximum Gasteiger partial charge on any atom is 0.316 e. The highest BCUT2D eigenvalue weighted by Crippen LogP contribution is 2.28. The first-order valence-corrected chi connectivity index (χ1v) is 8.11. The minimum Gasteiger partial charge on any atom is -0.389 e. The molecule has 1 aromatic carbocycles. The lowest BCUT2D eigenvalue weighted by Crippen LogP contribution is -2.37. The number of rotatable bonds is 7. The van der Waals surface area contributed by atoms with Gasteiger partial charge in [0.15, 0.2) is 0 Å². The smallest absolute Gasteiger partial charge is 0.316 e. The van der Waals surface area contributed by atoms with Crippen LogP contribution in [0.4, 0.5) is 10.5 Å². The fourth-order valence-corrected chi connectivity index (χ4v) is 2.87. The summed E-state index contributed by atoms with van der Waals surface area (Å²) in [4.78, 5) is 14.4. The van der Waals surface area contributed by atoms with Crippen LogP contribution in [0.1, 0.15) is 12.5 Å². The second-order valence-electron chi connectivity index (χ2n) is 4.53. The number of hydrogen-bond donors (Lipinski definition) is 3. The van der Waals surface area contributed by atoms with Crippen molar-refractivity contribution in [3.8, 4) is 0 Å². The van der Waals surface area contributed by atoms with Crippen LogP contribution in [0.25, 0.3) is 0 Å². The molecule has 0 aliphatic rings. The molecule has 0 saturated heterocycles. The molecule has 0 saturated carbocycles. The van der Waals surface area contributed by atoms with Crippen LogP contribution in [0.15, 0.2) is 23.1 Å². The van der Waals surface area contributed by atoms with Crippen LogP contribution in [0.2, 0.25) is 0 Å². The number of amides is 2. The molecule has 0 heterocycles. The van der Waals surface area contributed by atoms with Crippen LogP contribution in [-0.4, -0.2) is 48.9 Å². The molecule has 0 aromatic heterocycles. The van der Waals surface area contributed by atoms with Gasteiger partial charge in [0.05, 0.1) is 0 Å². The number of carbonyl (C=O) groups excluding carboxylic acids is 1. The molecule has 21 heavy (non-hydrogen) atoms. The van der Waals surface area contributed by atoms with E-state index in [-0.39, 0.29) is 6.03 Å². The molecule has 1 rings (SSSR count). The standard InChI is InChI=1S/C14H22N4OS2/c1-4-21-11-7-5-6-10(12(11)13(15)20)16-8-9-17-14(19)18(2)3/h5-7,16H,4,8-9H2,1-3H3,(H2,15,20)(H,17,19). The Morgan fingerprint density at radius 2 is 2.10 bits per heavy atom. The van der Waals surface area contributed by atoms with Gasteiger partial charge in [-0.1, -0.05) is 25.2 Å². The number of nitrogens with one attached hydrogen (secondary N) is 2. The first kappa shape index (κ1) is 17.6. The molecule has 1 aromatic rings. The number of hydrogen-bond acceptors (Lipinski definition) is 4. The lowest BCUT2D eigenvalue weighted by Gasteiger charge is -2.16. The van der Waals surface area contributed by atoms with Crippen molar-refractivity contribution in [1.29, 1.82) is 0 Å². The van der Waals surface area contributed by atoms with Gasteiger partial charge < -0.3 is 21.3 Å². The summed E-state index contributed by atoms with van der Waals surface area (Å²) in [6, 6.07) is 5.83. The van der Waals surface area contributed by atoms with Gasteiger partial charge in [-0.05, 0) is 17.9 Å². The molecule has 0 atom stereocenters. The normalized spacial score (nSPS) is 10.0. The van der Waals surface area contributed by atoms with Gasteiger partial charge in [0.2, 0.25) is 0 Å². The van der Waals surface area contributed by atoms with E-state index >= 15 is 0 Å². The molecule has 0 fully saturated rings. The SMILES string of the molecule is CCSc1cccc(NCCNC(=O)N(C)C)c1C(N)=S. The molecule has 0 aliphatic carbocycles. The van der Waals surface area contributed by atoms with E-state index in [4.69, 9.17) is 18.0 Å². The second kappa shape index (κ2) is 8.74. The summed E-state index contributed by atoms with van der Waals surface area (Å²) >= 11 is 6.86.